The predicted molar refractivity (Wildman–Crippen MR) is 74.3 cm³/mol. The molecular formula is C13H22N4O3. The van der Waals surface area contributed by atoms with E-state index < -0.39 is 11.0 Å². The first-order valence-corrected chi connectivity index (χ1v) is 7.21. The van der Waals surface area contributed by atoms with Crippen molar-refractivity contribution in [2.45, 2.75) is 44.8 Å². The van der Waals surface area contributed by atoms with Gasteiger partial charge in [0.1, 0.15) is 12.4 Å². The summed E-state index contributed by atoms with van der Waals surface area (Å²) in [5.74, 6) is 0.724. The summed E-state index contributed by atoms with van der Waals surface area (Å²) in [6, 6.07) is 0. The molecule has 1 aliphatic carbocycles. The van der Waals surface area contributed by atoms with Gasteiger partial charge in [0.05, 0.1) is 17.6 Å². The fraction of sp³-hybridized carbons (Fsp3) is 0.769. The van der Waals surface area contributed by atoms with Crippen LogP contribution in [-0.4, -0.2) is 39.0 Å². The lowest BCUT2D eigenvalue weighted by Gasteiger charge is -2.22. The Kier molecular flexibility index (Phi) is 5.49. The van der Waals surface area contributed by atoms with Crippen LogP contribution in [0.5, 0.6) is 0 Å². The molecule has 0 spiro atoms. The summed E-state index contributed by atoms with van der Waals surface area (Å²) < 4.78 is 1.41. The highest BCUT2D eigenvalue weighted by atomic mass is 16.6. The van der Waals surface area contributed by atoms with Crippen molar-refractivity contribution in [2.24, 2.45) is 5.92 Å². The van der Waals surface area contributed by atoms with Gasteiger partial charge in [0.15, 0.2) is 0 Å². The van der Waals surface area contributed by atoms with Crippen molar-refractivity contribution in [3.8, 4) is 0 Å². The van der Waals surface area contributed by atoms with Crippen LogP contribution >= 0.6 is 0 Å². The lowest BCUT2D eigenvalue weighted by molar-refractivity contribution is -0.385. The third-order valence-electron chi connectivity index (χ3n) is 3.77. The molecule has 0 bridgehead atoms. The minimum Gasteiger partial charge on any atom is -0.390 e. The summed E-state index contributed by atoms with van der Waals surface area (Å²) in [5, 5.41) is 27.6. The van der Waals surface area contributed by atoms with Gasteiger partial charge in [-0.3, -0.25) is 14.8 Å². The predicted octanol–water partition coefficient (Wildman–Crippen LogP) is 1.32. The number of nitro groups is 1. The van der Waals surface area contributed by atoms with Gasteiger partial charge in [-0.2, -0.15) is 5.10 Å². The number of hydrogen-bond donors (Lipinski definition) is 2. The second-order valence-corrected chi connectivity index (χ2v) is 5.49. The van der Waals surface area contributed by atoms with Crippen LogP contribution in [0.3, 0.4) is 0 Å². The third kappa shape index (κ3) is 4.57. The molecule has 1 unspecified atom stereocenters. The maximum absolute atomic E-state index is 10.5. The number of nitrogens with one attached hydrogen (secondary N) is 1. The minimum absolute atomic E-state index is 0.0487. The van der Waals surface area contributed by atoms with Gasteiger partial charge in [-0.05, 0) is 25.3 Å². The van der Waals surface area contributed by atoms with Crippen molar-refractivity contribution in [3.05, 3.63) is 22.5 Å². The summed E-state index contributed by atoms with van der Waals surface area (Å²) >= 11 is 0. The lowest BCUT2D eigenvalue weighted by atomic mass is 9.89. The maximum atomic E-state index is 10.5. The van der Waals surface area contributed by atoms with Crippen molar-refractivity contribution in [1.82, 2.24) is 15.1 Å². The van der Waals surface area contributed by atoms with Gasteiger partial charge in [-0.25, -0.2) is 0 Å². The molecule has 0 amide bonds. The van der Waals surface area contributed by atoms with Crippen molar-refractivity contribution in [3.63, 3.8) is 0 Å². The molecule has 1 fully saturated rings. The quantitative estimate of drug-likeness (QED) is 0.581. The van der Waals surface area contributed by atoms with E-state index in [1.165, 1.54) is 49.2 Å². The molecule has 0 aliphatic heterocycles. The Morgan fingerprint density at radius 2 is 2.25 bits per heavy atom. The van der Waals surface area contributed by atoms with E-state index in [9.17, 15) is 15.2 Å². The van der Waals surface area contributed by atoms with Crippen LogP contribution in [0, 0.1) is 16.0 Å². The number of hydrogen-bond acceptors (Lipinski definition) is 5. The van der Waals surface area contributed by atoms with Crippen LogP contribution < -0.4 is 5.32 Å². The molecule has 1 atom stereocenters. The highest BCUT2D eigenvalue weighted by Gasteiger charge is 2.14. The van der Waals surface area contributed by atoms with Gasteiger partial charge in [-0.15, -0.1) is 0 Å². The van der Waals surface area contributed by atoms with Crippen LogP contribution in [0.15, 0.2) is 12.4 Å². The van der Waals surface area contributed by atoms with E-state index in [1.54, 1.807) is 0 Å². The molecule has 0 saturated heterocycles. The standard InChI is InChI=1S/C13H22N4O3/c18-13(8-14-6-11-4-2-1-3-5-11)10-16-9-12(7-15-16)17(19)20/h7,9,11,13-14,18H,1-6,8,10H2. The number of rotatable bonds is 7. The monoisotopic (exact) mass is 282 g/mol. The van der Waals surface area contributed by atoms with Gasteiger partial charge >= 0.3 is 5.69 Å². The van der Waals surface area contributed by atoms with E-state index >= 15 is 0 Å². The topological polar surface area (TPSA) is 93.2 Å². The Morgan fingerprint density at radius 1 is 1.50 bits per heavy atom. The second-order valence-electron chi connectivity index (χ2n) is 5.49. The summed E-state index contributed by atoms with van der Waals surface area (Å²) in [4.78, 5) is 10.0. The number of aliphatic hydroxyl groups excluding tert-OH is 1. The molecule has 112 valence electrons. The summed E-state index contributed by atoms with van der Waals surface area (Å²) in [6.45, 7) is 1.70. The number of nitrogens with zero attached hydrogens (tertiary/aromatic N) is 3. The summed E-state index contributed by atoms with van der Waals surface area (Å²) in [7, 11) is 0. The average molecular weight is 282 g/mol. The largest absolute Gasteiger partial charge is 0.390 e. The molecule has 0 aromatic carbocycles. The van der Waals surface area contributed by atoms with E-state index in [4.69, 9.17) is 0 Å². The first-order valence-electron chi connectivity index (χ1n) is 7.21. The zero-order valence-electron chi connectivity index (χ0n) is 11.6. The van der Waals surface area contributed by atoms with Crippen LogP contribution in [0.4, 0.5) is 5.69 Å². The van der Waals surface area contributed by atoms with Crippen LogP contribution in [-0.2, 0) is 6.54 Å². The van der Waals surface area contributed by atoms with Gasteiger partial charge < -0.3 is 10.4 Å². The van der Waals surface area contributed by atoms with Crippen LogP contribution in [0.25, 0.3) is 0 Å². The highest BCUT2D eigenvalue weighted by molar-refractivity contribution is 5.20. The molecule has 1 saturated carbocycles. The van der Waals surface area contributed by atoms with Crippen molar-refractivity contribution in [2.75, 3.05) is 13.1 Å². The molecule has 7 heteroatoms. The Bertz CT molecular complexity index is 429. The molecule has 1 aromatic rings. The smallest absolute Gasteiger partial charge is 0.306 e. The molecule has 2 rings (SSSR count). The van der Waals surface area contributed by atoms with Crippen LogP contribution in [0.1, 0.15) is 32.1 Å². The molecular weight excluding hydrogens is 260 g/mol. The zero-order valence-corrected chi connectivity index (χ0v) is 11.6. The van der Waals surface area contributed by atoms with Crippen molar-refractivity contribution >= 4 is 5.69 Å². The first kappa shape index (κ1) is 14.9. The first-order chi connectivity index (χ1) is 9.65. The highest BCUT2D eigenvalue weighted by Crippen LogP contribution is 2.22. The third-order valence-corrected chi connectivity index (χ3v) is 3.77. The number of aliphatic hydroxyl groups is 1. The van der Waals surface area contributed by atoms with Gasteiger partial charge in [0.2, 0.25) is 0 Å². The Hall–Kier alpha value is -1.47. The lowest BCUT2D eigenvalue weighted by Crippen LogP contribution is -2.34. The second kappa shape index (κ2) is 7.35. The maximum Gasteiger partial charge on any atom is 0.306 e. The molecule has 0 radical (unpaired) electrons. The molecule has 1 aromatic heterocycles. The molecule has 20 heavy (non-hydrogen) atoms. The molecule has 7 nitrogen and oxygen atoms in total. The SMILES string of the molecule is O=[N+]([O-])c1cnn(CC(O)CNCC2CCCCC2)c1. The fourth-order valence-corrected chi connectivity index (χ4v) is 2.67. The van der Waals surface area contributed by atoms with E-state index in [2.05, 4.69) is 10.4 Å². The van der Waals surface area contributed by atoms with E-state index in [0.717, 1.165) is 12.5 Å². The van der Waals surface area contributed by atoms with E-state index in [1.807, 2.05) is 0 Å². The normalized spacial score (nSPS) is 18.1. The van der Waals surface area contributed by atoms with Crippen molar-refractivity contribution < 1.29 is 10.0 Å². The minimum atomic E-state index is -0.585. The molecule has 2 N–H and O–H groups in total. The van der Waals surface area contributed by atoms with E-state index in [0.29, 0.717) is 6.54 Å². The van der Waals surface area contributed by atoms with Gasteiger partial charge in [0, 0.05) is 6.54 Å². The van der Waals surface area contributed by atoms with Gasteiger partial charge in [0.25, 0.3) is 0 Å². The number of aromatic nitrogens is 2. The Morgan fingerprint density at radius 3 is 2.90 bits per heavy atom. The van der Waals surface area contributed by atoms with Crippen LogP contribution in [0.2, 0.25) is 0 Å². The Balaban J connectivity index is 1.66. The average Bonchev–Trinajstić information content (AvgIpc) is 2.88. The summed E-state index contributed by atoms with van der Waals surface area (Å²) in [6.07, 6.45) is 8.46. The van der Waals surface area contributed by atoms with Gasteiger partial charge in [-0.1, -0.05) is 19.3 Å². The van der Waals surface area contributed by atoms with Crippen molar-refractivity contribution in [1.29, 1.82) is 0 Å². The zero-order chi connectivity index (χ0) is 14.4. The Labute approximate surface area is 118 Å². The molecule has 1 aliphatic rings. The molecule has 1 heterocycles. The van der Waals surface area contributed by atoms with E-state index in [-0.39, 0.29) is 12.2 Å². The summed E-state index contributed by atoms with van der Waals surface area (Å²) in [5.41, 5.74) is -0.0487. The fourth-order valence-electron chi connectivity index (χ4n) is 2.67.